The lowest BCUT2D eigenvalue weighted by atomic mass is 10.1. The number of nitrogens with zero attached hydrogens (tertiary/aromatic N) is 1. The van der Waals surface area contributed by atoms with Gasteiger partial charge >= 0.3 is 0 Å². The molecule has 1 aromatic carbocycles. The summed E-state index contributed by atoms with van der Waals surface area (Å²) >= 11 is 0. The van der Waals surface area contributed by atoms with Gasteiger partial charge in [0.25, 0.3) is 5.91 Å². The molecule has 2 rings (SSSR count). The van der Waals surface area contributed by atoms with E-state index < -0.39 is 11.9 Å². The smallest absolute Gasteiger partial charge is 0.261 e. The Balaban J connectivity index is 2.27. The molecule has 6 heteroatoms. The normalized spacial score (nSPS) is 9.89. The summed E-state index contributed by atoms with van der Waals surface area (Å²) in [6.07, 6.45) is 2.34. The minimum absolute atomic E-state index is 0.119. The van der Waals surface area contributed by atoms with Gasteiger partial charge < -0.3 is 20.4 Å². The molecular formula is C13H9N2O4-. The van der Waals surface area contributed by atoms with E-state index in [1.54, 1.807) is 6.07 Å². The van der Waals surface area contributed by atoms with E-state index in [1.165, 1.54) is 36.5 Å². The van der Waals surface area contributed by atoms with Gasteiger partial charge in [0.2, 0.25) is 0 Å². The number of carboxylic acids is 1. The first-order valence-corrected chi connectivity index (χ1v) is 5.38. The van der Waals surface area contributed by atoms with E-state index in [2.05, 4.69) is 5.32 Å². The summed E-state index contributed by atoms with van der Waals surface area (Å²) in [4.78, 5) is 22.7. The standard InChI is InChI=1S/C13H10N2O4/c16-12(9-4-3-7-15(19)8-9)14-11-6-2-1-5-10(11)13(17)18/h1-8H,(H,14,16)(H,17,18)/p-1. The van der Waals surface area contributed by atoms with Crippen molar-refractivity contribution in [1.82, 2.24) is 0 Å². The summed E-state index contributed by atoms with van der Waals surface area (Å²) in [5.41, 5.74) is 0.126. The number of carbonyl (C=O) groups excluding carboxylic acids is 2. The van der Waals surface area contributed by atoms with Crippen molar-refractivity contribution in [2.45, 2.75) is 0 Å². The highest BCUT2D eigenvalue weighted by Crippen LogP contribution is 2.15. The van der Waals surface area contributed by atoms with Crippen LogP contribution in [0.15, 0.2) is 48.8 Å². The number of benzene rings is 1. The largest absolute Gasteiger partial charge is 0.619 e. The van der Waals surface area contributed by atoms with Gasteiger partial charge in [-0.2, -0.15) is 4.73 Å². The SMILES string of the molecule is O=C(Nc1ccccc1C(=O)[O-])c1ccc[n+]([O-])c1. The van der Waals surface area contributed by atoms with Crippen molar-refractivity contribution in [3.8, 4) is 0 Å². The fourth-order valence-corrected chi connectivity index (χ4v) is 1.55. The van der Waals surface area contributed by atoms with Crippen LogP contribution in [-0.2, 0) is 0 Å². The van der Waals surface area contributed by atoms with Gasteiger partial charge in [-0.1, -0.05) is 18.2 Å². The minimum Gasteiger partial charge on any atom is -0.619 e. The van der Waals surface area contributed by atoms with E-state index in [9.17, 15) is 19.9 Å². The predicted molar refractivity (Wildman–Crippen MR) is 64.1 cm³/mol. The van der Waals surface area contributed by atoms with E-state index in [0.717, 1.165) is 6.20 Å². The maximum Gasteiger partial charge on any atom is 0.261 e. The van der Waals surface area contributed by atoms with Crippen LogP contribution in [0.2, 0.25) is 0 Å². The molecule has 0 aliphatic rings. The molecule has 0 fully saturated rings. The third-order valence-corrected chi connectivity index (χ3v) is 2.43. The molecule has 0 saturated carbocycles. The van der Waals surface area contributed by atoms with Crippen molar-refractivity contribution in [3.05, 3.63) is 65.1 Å². The maximum atomic E-state index is 11.9. The van der Waals surface area contributed by atoms with Gasteiger partial charge in [-0.25, -0.2) is 0 Å². The van der Waals surface area contributed by atoms with Crippen LogP contribution in [-0.4, -0.2) is 11.9 Å². The molecule has 0 saturated heterocycles. The number of hydrogen-bond donors (Lipinski definition) is 1. The van der Waals surface area contributed by atoms with Gasteiger partial charge in [-0.05, 0) is 12.1 Å². The topological polar surface area (TPSA) is 96.2 Å². The van der Waals surface area contributed by atoms with Gasteiger partial charge in [0, 0.05) is 11.6 Å². The molecule has 0 aliphatic heterocycles. The molecule has 2 aromatic rings. The molecule has 0 radical (unpaired) electrons. The number of anilines is 1. The van der Waals surface area contributed by atoms with Crippen LogP contribution in [0.3, 0.4) is 0 Å². The van der Waals surface area contributed by atoms with Crippen molar-refractivity contribution >= 4 is 17.6 Å². The number of pyridine rings is 1. The number of aromatic carboxylic acids is 1. The summed E-state index contributed by atoms with van der Waals surface area (Å²) in [7, 11) is 0. The van der Waals surface area contributed by atoms with Crippen molar-refractivity contribution in [2.75, 3.05) is 5.32 Å². The van der Waals surface area contributed by atoms with E-state index in [-0.39, 0.29) is 16.8 Å². The number of nitrogens with one attached hydrogen (secondary N) is 1. The zero-order valence-corrected chi connectivity index (χ0v) is 9.70. The first-order chi connectivity index (χ1) is 9.08. The number of amides is 1. The Hall–Kier alpha value is -2.89. The number of aromatic nitrogens is 1. The molecule has 1 N–H and O–H groups in total. The maximum absolute atomic E-state index is 11.9. The predicted octanol–water partition coefficient (Wildman–Crippen LogP) is -0.0642. The number of para-hydroxylation sites is 1. The monoisotopic (exact) mass is 257 g/mol. The summed E-state index contributed by atoms with van der Waals surface area (Å²) in [6, 6.07) is 8.74. The minimum atomic E-state index is -1.39. The lowest BCUT2D eigenvalue weighted by Crippen LogP contribution is -2.28. The first-order valence-electron chi connectivity index (χ1n) is 5.38. The molecule has 1 aromatic heterocycles. The summed E-state index contributed by atoms with van der Waals surface area (Å²) < 4.78 is 0.486. The molecule has 0 bridgehead atoms. The molecule has 0 unspecified atom stereocenters. The van der Waals surface area contributed by atoms with Gasteiger partial charge in [-0.3, -0.25) is 4.79 Å². The highest BCUT2D eigenvalue weighted by atomic mass is 16.5. The highest BCUT2D eigenvalue weighted by molar-refractivity contribution is 6.07. The second-order valence-electron chi connectivity index (χ2n) is 3.74. The van der Waals surface area contributed by atoms with Gasteiger partial charge in [0.1, 0.15) is 5.56 Å². The first kappa shape index (κ1) is 12.6. The molecular weight excluding hydrogens is 248 g/mol. The van der Waals surface area contributed by atoms with Crippen LogP contribution < -0.4 is 15.2 Å². The fraction of sp³-hybridized carbons (Fsp3) is 0. The molecule has 1 amide bonds. The molecule has 19 heavy (non-hydrogen) atoms. The Bertz CT molecular complexity index is 640. The van der Waals surface area contributed by atoms with Gasteiger partial charge in [-0.15, -0.1) is 0 Å². The number of hydrogen-bond acceptors (Lipinski definition) is 4. The van der Waals surface area contributed by atoms with E-state index in [1.807, 2.05) is 0 Å². The lowest BCUT2D eigenvalue weighted by Gasteiger charge is -2.11. The van der Waals surface area contributed by atoms with Crippen LogP contribution in [0.5, 0.6) is 0 Å². The Morgan fingerprint density at radius 3 is 2.53 bits per heavy atom. The Labute approximate surface area is 108 Å². The number of carboxylic acid groups (broad SMARTS) is 1. The number of rotatable bonds is 3. The molecule has 0 aliphatic carbocycles. The van der Waals surface area contributed by atoms with E-state index in [0.29, 0.717) is 4.73 Å². The van der Waals surface area contributed by atoms with E-state index in [4.69, 9.17) is 0 Å². The summed E-state index contributed by atoms with van der Waals surface area (Å²) in [5.74, 6) is -1.96. The summed E-state index contributed by atoms with van der Waals surface area (Å²) in [6.45, 7) is 0. The number of carbonyl (C=O) groups is 2. The van der Waals surface area contributed by atoms with Crippen molar-refractivity contribution < 1.29 is 19.4 Å². The van der Waals surface area contributed by atoms with Crippen molar-refractivity contribution in [1.29, 1.82) is 0 Å². The van der Waals surface area contributed by atoms with Crippen LogP contribution in [0, 0.1) is 5.21 Å². The third kappa shape index (κ3) is 2.86. The van der Waals surface area contributed by atoms with Crippen LogP contribution in [0.25, 0.3) is 0 Å². The summed E-state index contributed by atoms with van der Waals surface area (Å²) in [5, 5.41) is 24.4. The van der Waals surface area contributed by atoms with Crippen molar-refractivity contribution in [2.24, 2.45) is 0 Å². The average molecular weight is 257 g/mol. The second-order valence-corrected chi connectivity index (χ2v) is 3.74. The highest BCUT2D eigenvalue weighted by Gasteiger charge is 2.11. The van der Waals surface area contributed by atoms with Gasteiger partial charge in [0.05, 0.1) is 11.7 Å². The van der Waals surface area contributed by atoms with Gasteiger partial charge in [0.15, 0.2) is 12.4 Å². The zero-order valence-electron chi connectivity index (χ0n) is 9.70. The zero-order chi connectivity index (χ0) is 13.8. The molecule has 0 spiro atoms. The van der Waals surface area contributed by atoms with E-state index >= 15 is 0 Å². The quantitative estimate of drug-likeness (QED) is 0.615. The molecule has 96 valence electrons. The molecule has 1 heterocycles. The van der Waals surface area contributed by atoms with Crippen LogP contribution in [0.4, 0.5) is 5.69 Å². The lowest BCUT2D eigenvalue weighted by molar-refractivity contribution is -0.605. The van der Waals surface area contributed by atoms with Crippen LogP contribution >= 0.6 is 0 Å². The Morgan fingerprint density at radius 2 is 1.84 bits per heavy atom. The molecule has 6 nitrogen and oxygen atoms in total. The Morgan fingerprint density at radius 1 is 1.11 bits per heavy atom. The molecule has 0 atom stereocenters. The average Bonchev–Trinajstić information content (AvgIpc) is 2.39. The second kappa shape index (κ2) is 5.18. The van der Waals surface area contributed by atoms with Crippen molar-refractivity contribution in [3.63, 3.8) is 0 Å². The fourth-order valence-electron chi connectivity index (χ4n) is 1.55. The van der Waals surface area contributed by atoms with Crippen LogP contribution in [0.1, 0.15) is 20.7 Å². The Kier molecular flexibility index (Phi) is 3.42. The third-order valence-electron chi connectivity index (χ3n) is 2.43.